The van der Waals surface area contributed by atoms with Crippen molar-refractivity contribution >= 4 is 10.0 Å². The van der Waals surface area contributed by atoms with E-state index in [1.165, 1.54) is 6.20 Å². The average molecular weight is 287 g/mol. The van der Waals surface area contributed by atoms with E-state index < -0.39 is 10.0 Å². The molecule has 1 saturated heterocycles. The molecule has 2 heterocycles. The highest BCUT2D eigenvalue weighted by atomic mass is 32.2. The van der Waals surface area contributed by atoms with Crippen LogP contribution in [0, 0.1) is 0 Å². The van der Waals surface area contributed by atoms with Crippen molar-refractivity contribution in [3.05, 3.63) is 18.0 Å². The van der Waals surface area contributed by atoms with Crippen molar-refractivity contribution in [2.45, 2.75) is 36.8 Å². The van der Waals surface area contributed by atoms with E-state index in [1.807, 2.05) is 7.05 Å². The maximum absolute atomic E-state index is 12.0. The second kappa shape index (κ2) is 6.51. The van der Waals surface area contributed by atoms with Crippen LogP contribution in [0.15, 0.2) is 17.2 Å². The Balaban J connectivity index is 1.85. The largest absolute Gasteiger partial charge is 0.378 e. The molecule has 1 atom stereocenters. The summed E-state index contributed by atoms with van der Waals surface area (Å²) in [5.41, 5.74) is 0.849. The van der Waals surface area contributed by atoms with Gasteiger partial charge >= 0.3 is 0 Å². The van der Waals surface area contributed by atoms with Gasteiger partial charge in [-0.3, -0.25) is 0 Å². The molecule has 108 valence electrons. The second-order valence-corrected chi connectivity index (χ2v) is 6.48. The molecule has 3 N–H and O–H groups in total. The van der Waals surface area contributed by atoms with Gasteiger partial charge in [0, 0.05) is 31.6 Å². The first-order chi connectivity index (χ1) is 9.12. The molecule has 0 amide bonds. The summed E-state index contributed by atoms with van der Waals surface area (Å²) >= 11 is 0. The quantitative estimate of drug-likeness (QED) is 0.685. The molecular formula is C12H21N3O3S. The number of aromatic amines is 1. The summed E-state index contributed by atoms with van der Waals surface area (Å²) in [5, 5.41) is 2.97. The zero-order valence-electron chi connectivity index (χ0n) is 11.1. The molecule has 2 rings (SSSR count). The van der Waals surface area contributed by atoms with Crippen molar-refractivity contribution in [1.82, 2.24) is 15.0 Å². The van der Waals surface area contributed by atoms with Crippen molar-refractivity contribution in [1.29, 1.82) is 0 Å². The van der Waals surface area contributed by atoms with Gasteiger partial charge in [0.15, 0.2) is 0 Å². The van der Waals surface area contributed by atoms with Gasteiger partial charge in [-0.2, -0.15) is 0 Å². The summed E-state index contributed by atoms with van der Waals surface area (Å²) in [6.07, 6.45) is 4.54. The van der Waals surface area contributed by atoms with Crippen LogP contribution in [-0.2, 0) is 21.3 Å². The third-order valence-corrected chi connectivity index (χ3v) is 4.62. The fraction of sp³-hybridized carbons (Fsp3) is 0.667. The molecule has 1 fully saturated rings. The molecule has 0 spiro atoms. The van der Waals surface area contributed by atoms with Gasteiger partial charge in [0.05, 0.1) is 11.0 Å². The number of aromatic nitrogens is 1. The maximum atomic E-state index is 12.0. The average Bonchev–Trinajstić information content (AvgIpc) is 3.00. The van der Waals surface area contributed by atoms with E-state index in [0.717, 1.165) is 31.6 Å². The third-order valence-electron chi connectivity index (χ3n) is 3.18. The molecule has 1 aromatic heterocycles. The third kappa shape index (κ3) is 4.04. The Morgan fingerprint density at radius 3 is 3.05 bits per heavy atom. The molecule has 6 nitrogen and oxygen atoms in total. The summed E-state index contributed by atoms with van der Waals surface area (Å²) < 4.78 is 32.1. The number of H-pyrrole nitrogens is 1. The van der Waals surface area contributed by atoms with Crippen molar-refractivity contribution < 1.29 is 13.2 Å². The van der Waals surface area contributed by atoms with Crippen LogP contribution in [0.3, 0.4) is 0 Å². The standard InChI is InChI=1S/C12H21N3O3S/c1-13-8-10-7-12(9-14-10)19(16,17)15-5-4-11-3-2-6-18-11/h7,9,11,13-15H,2-6,8H2,1H3. The van der Waals surface area contributed by atoms with Gasteiger partial charge in [0.1, 0.15) is 0 Å². The minimum Gasteiger partial charge on any atom is -0.378 e. The van der Waals surface area contributed by atoms with Gasteiger partial charge in [-0.25, -0.2) is 13.1 Å². The van der Waals surface area contributed by atoms with E-state index >= 15 is 0 Å². The highest BCUT2D eigenvalue weighted by Crippen LogP contribution is 2.15. The molecule has 1 aromatic rings. The first-order valence-electron chi connectivity index (χ1n) is 6.55. The zero-order valence-corrected chi connectivity index (χ0v) is 11.9. The topological polar surface area (TPSA) is 83.2 Å². The van der Waals surface area contributed by atoms with Crippen molar-refractivity contribution in [3.8, 4) is 0 Å². The smallest absolute Gasteiger partial charge is 0.242 e. The number of hydrogen-bond donors (Lipinski definition) is 3. The zero-order chi connectivity index (χ0) is 13.7. The Bertz CT molecular complexity index is 492. The van der Waals surface area contributed by atoms with Crippen LogP contribution in [0.1, 0.15) is 25.0 Å². The molecule has 7 heteroatoms. The van der Waals surface area contributed by atoms with Crippen LogP contribution in [0.2, 0.25) is 0 Å². The van der Waals surface area contributed by atoms with Gasteiger partial charge in [-0.1, -0.05) is 0 Å². The van der Waals surface area contributed by atoms with E-state index in [9.17, 15) is 8.42 Å². The van der Waals surface area contributed by atoms with E-state index in [-0.39, 0.29) is 11.0 Å². The van der Waals surface area contributed by atoms with Crippen LogP contribution < -0.4 is 10.0 Å². The maximum Gasteiger partial charge on any atom is 0.242 e. The lowest BCUT2D eigenvalue weighted by Gasteiger charge is -2.09. The predicted octanol–water partition coefficient (Wildman–Crippen LogP) is 0.582. The summed E-state index contributed by atoms with van der Waals surface area (Å²) in [4.78, 5) is 3.22. The summed E-state index contributed by atoms with van der Waals surface area (Å²) in [7, 11) is -1.60. The fourth-order valence-electron chi connectivity index (χ4n) is 2.18. The Morgan fingerprint density at radius 1 is 1.53 bits per heavy atom. The SMILES string of the molecule is CNCc1cc(S(=O)(=O)NCCC2CCCO2)c[nH]1. The lowest BCUT2D eigenvalue weighted by atomic mass is 10.2. The van der Waals surface area contributed by atoms with Gasteiger partial charge < -0.3 is 15.0 Å². The van der Waals surface area contributed by atoms with Crippen LogP contribution in [0.25, 0.3) is 0 Å². The first kappa shape index (κ1) is 14.5. The van der Waals surface area contributed by atoms with Crippen molar-refractivity contribution in [2.75, 3.05) is 20.2 Å². The highest BCUT2D eigenvalue weighted by molar-refractivity contribution is 7.89. The number of hydrogen-bond acceptors (Lipinski definition) is 4. The number of ether oxygens (including phenoxy) is 1. The van der Waals surface area contributed by atoms with Crippen LogP contribution in [-0.4, -0.2) is 39.7 Å². The van der Waals surface area contributed by atoms with Crippen LogP contribution >= 0.6 is 0 Å². The summed E-state index contributed by atoms with van der Waals surface area (Å²) in [6.45, 7) is 1.83. The first-order valence-corrected chi connectivity index (χ1v) is 8.03. The number of rotatable bonds is 7. The molecule has 0 bridgehead atoms. The van der Waals surface area contributed by atoms with Gasteiger partial charge in [0.25, 0.3) is 0 Å². The molecular weight excluding hydrogens is 266 g/mol. The number of nitrogens with one attached hydrogen (secondary N) is 3. The van der Waals surface area contributed by atoms with Gasteiger partial charge in [0.2, 0.25) is 10.0 Å². The van der Waals surface area contributed by atoms with Crippen molar-refractivity contribution in [3.63, 3.8) is 0 Å². The minimum atomic E-state index is -3.41. The predicted molar refractivity (Wildman–Crippen MR) is 72.3 cm³/mol. The lowest BCUT2D eigenvalue weighted by Crippen LogP contribution is -2.27. The Morgan fingerprint density at radius 2 is 2.37 bits per heavy atom. The fourth-order valence-corrected chi connectivity index (χ4v) is 3.24. The van der Waals surface area contributed by atoms with Crippen molar-refractivity contribution in [2.24, 2.45) is 0 Å². The van der Waals surface area contributed by atoms with E-state index in [1.54, 1.807) is 6.07 Å². The molecule has 0 aliphatic carbocycles. The molecule has 19 heavy (non-hydrogen) atoms. The summed E-state index contributed by atoms with van der Waals surface area (Å²) in [5.74, 6) is 0. The Hall–Kier alpha value is -0.890. The van der Waals surface area contributed by atoms with E-state index in [0.29, 0.717) is 13.1 Å². The molecule has 0 radical (unpaired) electrons. The molecule has 1 aliphatic rings. The Labute approximate surface area is 114 Å². The second-order valence-electron chi connectivity index (χ2n) is 4.71. The van der Waals surface area contributed by atoms with Crippen LogP contribution in [0.4, 0.5) is 0 Å². The van der Waals surface area contributed by atoms with Crippen LogP contribution in [0.5, 0.6) is 0 Å². The summed E-state index contributed by atoms with van der Waals surface area (Å²) in [6, 6.07) is 1.64. The monoisotopic (exact) mass is 287 g/mol. The van der Waals surface area contributed by atoms with Gasteiger partial charge in [-0.05, 0) is 32.4 Å². The Kier molecular flexibility index (Phi) is 4.98. The lowest BCUT2D eigenvalue weighted by molar-refractivity contribution is 0.105. The molecule has 1 aliphatic heterocycles. The molecule has 1 unspecified atom stereocenters. The minimum absolute atomic E-state index is 0.203. The van der Waals surface area contributed by atoms with E-state index in [2.05, 4.69) is 15.0 Å². The van der Waals surface area contributed by atoms with Gasteiger partial charge in [-0.15, -0.1) is 0 Å². The number of sulfonamides is 1. The molecule has 0 saturated carbocycles. The normalized spacial score (nSPS) is 19.9. The molecule has 0 aromatic carbocycles. The van der Waals surface area contributed by atoms with E-state index in [4.69, 9.17) is 4.74 Å². The highest BCUT2D eigenvalue weighted by Gasteiger charge is 2.18.